The van der Waals surface area contributed by atoms with Crippen LogP contribution in [-0.2, 0) is 11.3 Å². The molecule has 0 spiro atoms. The molecule has 134 valence electrons. The molecule has 5 nitrogen and oxygen atoms in total. The van der Waals surface area contributed by atoms with E-state index < -0.39 is 0 Å². The minimum absolute atomic E-state index is 0.101. The first-order valence-electron chi connectivity index (χ1n) is 9.04. The third-order valence-corrected chi connectivity index (χ3v) is 5.77. The summed E-state index contributed by atoms with van der Waals surface area (Å²) < 4.78 is 2.07. The van der Waals surface area contributed by atoms with Gasteiger partial charge in [0.15, 0.2) is 5.16 Å². The molecule has 2 aromatic rings. The summed E-state index contributed by atoms with van der Waals surface area (Å²) in [7, 11) is 0. The van der Waals surface area contributed by atoms with Crippen molar-refractivity contribution < 1.29 is 4.79 Å². The van der Waals surface area contributed by atoms with Crippen molar-refractivity contribution in [3.05, 3.63) is 41.7 Å². The predicted molar refractivity (Wildman–Crippen MR) is 101 cm³/mol. The Morgan fingerprint density at radius 3 is 2.68 bits per heavy atom. The zero-order chi connectivity index (χ0) is 17.6. The van der Waals surface area contributed by atoms with Crippen molar-refractivity contribution in [1.82, 2.24) is 20.1 Å². The summed E-state index contributed by atoms with van der Waals surface area (Å²) in [5, 5.41) is 12.3. The molecule has 1 unspecified atom stereocenters. The highest BCUT2D eigenvalue weighted by atomic mass is 32.2. The Kier molecular flexibility index (Phi) is 6.13. The SMILES string of the molecule is Cc1nnc(SC(C)C(=O)NC2CCCCC2)n1Cc1ccccc1. The molecule has 1 aromatic carbocycles. The number of thioether (sulfide) groups is 1. The number of nitrogens with one attached hydrogen (secondary N) is 1. The average Bonchev–Trinajstić information content (AvgIpc) is 2.97. The largest absolute Gasteiger partial charge is 0.352 e. The third-order valence-electron chi connectivity index (χ3n) is 4.69. The average molecular weight is 359 g/mol. The van der Waals surface area contributed by atoms with Crippen molar-refractivity contribution in [3.63, 3.8) is 0 Å². The fourth-order valence-electron chi connectivity index (χ4n) is 3.17. The summed E-state index contributed by atoms with van der Waals surface area (Å²) in [5.74, 6) is 0.968. The van der Waals surface area contributed by atoms with E-state index in [4.69, 9.17) is 0 Å². The number of aryl methyl sites for hydroxylation is 1. The van der Waals surface area contributed by atoms with E-state index in [9.17, 15) is 4.79 Å². The lowest BCUT2D eigenvalue weighted by Crippen LogP contribution is -2.40. The summed E-state index contributed by atoms with van der Waals surface area (Å²) in [6.45, 7) is 4.62. The lowest BCUT2D eigenvalue weighted by Gasteiger charge is -2.24. The Bertz CT molecular complexity index is 695. The van der Waals surface area contributed by atoms with Gasteiger partial charge in [-0.15, -0.1) is 10.2 Å². The molecular formula is C19H26N4OS. The van der Waals surface area contributed by atoms with Gasteiger partial charge in [-0.2, -0.15) is 0 Å². The minimum atomic E-state index is -0.181. The van der Waals surface area contributed by atoms with E-state index in [-0.39, 0.29) is 11.2 Å². The van der Waals surface area contributed by atoms with E-state index in [1.807, 2.05) is 32.0 Å². The summed E-state index contributed by atoms with van der Waals surface area (Å²) in [6.07, 6.45) is 5.94. The van der Waals surface area contributed by atoms with Crippen LogP contribution in [-0.4, -0.2) is 32.0 Å². The molecular weight excluding hydrogens is 332 g/mol. The number of rotatable bonds is 6. The number of carbonyl (C=O) groups is 1. The van der Waals surface area contributed by atoms with Crippen molar-refractivity contribution in [2.45, 2.75) is 68.9 Å². The van der Waals surface area contributed by atoms with Gasteiger partial charge in [-0.05, 0) is 32.3 Å². The van der Waals surface area contributed by atoms with E-state index in [2.05, 4.69) is 32.2 Å². The van der Waals surface area contributed by atoms with Gasteiger partial charge in [0.2, 0.25) is 5.91 Å². The topological polar surface area (TPSA) is 59.8 Å². The first-order valence-corrected chi connectivity index (χ1v) is 9.92. The zero-order valence-corrected chi connectivity index (χ0v) is 15.8. The highest BCUT2D eigenvalue weighted by Crippen LogP contribution is 2.24. The minimum Gasteiger partial charge on any atom is -0.352 e. The van der Waals surface area contributed by atoms with Crippen LogP contribution in [0.2, 0.25) is 0 Å². The number of carbonyl (C=O) groups excluding carboxylic acids is 1. The molecule has 1 heterocycles. The quantitative estimate of drug-likeness (QED) is 0.802. The Balaban J connectivity index is 1.63. The van der Waals surface area contributed by atoms with Gasteiger partial charge in [-0.1, -0.05) is 61.4 Å². The number of nitrogens with zero attached hydrogens (tertiary/aromatic N) is 3. The first kappa shape index (κ1) is 18.0. The third kappa shape index (κ3) is 4.84. The maximum atomic E-state index is 12.5. The smallest absolute Gasteiger partial charge is 0.233 e. The summed E-state index contributed by atoms with van der Waals surface area (Å²) in [5.41, 5.74) is 1.20. The van der Waals surface area contributed by atoms with E-state index in [1.165, 1.54) is 36.6 Å². The fraction of sp³-hybridized carbons (Fsp3) is 0.526. The molecule has 25 heavy (non-hydrogen) atoms. The molecule has 0 saturated heterocycles. The van der Waals surface area contributed by atoms with Crippen LogP contribution in [0.1, 0.15) is 50.4 Å². The molecule has 1 aliphatic rings. The van der Waals surface area contributed by atoms with Crippen molar-refractivity contribution >= 4 is 17.7 Å². The zero-order valence-electron chi connectivity index (χ0n) is 14.9. The molecule has 6 heteroatoms. The first-order chi connectivity index (χ1) is 12.1. The molecule has 1 saturated carbocycles. The van der Waals surface area contributed by atoms with Gasteiger partial charge < -0.3 is 9.88 Å². The van der Waals surface area contributed by atoms with Gasteiger partial charge in [0, 0.05) is 6.04 Å². The summed E-state index contributed by atoms with van der Waals surface area (Å²) in [6, 6.07) is 10.6. The fourth-order valence-corrected chi connectivity index (χ4v) is 4.08. The standard InChI is InChI=1S/C19H26N4OS/c1-14(18(24)20-17-11-7-4-8-12-17)25-19-22-21-15(2)23(19)13-16-9-5-3-6-10-16/h3,5-6,9-10,14,17H,4,7-8,11-13H2,1-2H3,(H,20,24). The predicted octanol–water partition coefficient (Wildman–Crippen LogP) is 3.56. The second-order valence-corrected chi connectivity index (χ2v) is 8.01. The molecule has 0 aliphatic heterocycles. The van der Waals surface area contributed by atoms with Crippen LogP contribution in [0.5, 0.6) is 0 Å². The number of amides is 1. The van der Waals surface area contributed by atoms with Crippen LogP contribution < -0.4 is 5.32 Å². The van der Waals surface area contributed by atoms with Crippen molar-refractivity contribution in [3.8, 4) is 0 Å². The van der Waals surface area contributed by atoms with Crippen LogP contribution in [0.25, 0.3) is 0 Å². The van der Waals surface area contributed by atoms with Crippen LogP contribution in [0.4, 0.5) is 0 Å². The number of aromatic nitrogens is 3. The molecule has 0 radical (unpaired) electrons. The highest BCUT2D eigenvalue weighted by Gasteiger charge is 2.22. The highest BCUT2D eigenvalue weighted by molar-refractivity contribution is 8.00. The Hall–Kier alpha value is -1.82. The van der Waals surface area contributed by atoms with Crippen LogP contribution in [0.3, 0.4) is 0 Å². The Morgan fingerprint density at radius 1 is 1.24 bits per heavy atom. The van der Waals surface area contributed by atoms with E-state index in [0.29, 0.717) is 6.04 Å². The number of benzene rings is 1. The summed E-state index contributed by atoms with van der Waals surface area (Å²) >= 11 is 1.48. The molecule has 1 aromatic heterocycles. The van der Waals surface area contributed by atoms with Crippen molar-refractivity contribution in [2.24, 2.45) is 0 Å². The molecule has 1 N–H and O–H groups in total. The van der Waals surface area contributed by atoms with Gasteiger partial charge >= 0.3 is 0 Å². The van der Waals surface area contributed by atoms with E-state index in [0.717, 1.165) is 30.4 Å². The van der Waals surface area contributed by atoms with Crippen LogP contribution in [0, 0.1) is 6.92 Å². The number of hydrogen-bond acceptors (Lipinski definition) is 4. The van der Waals surface area contributed by atoms with Crippen LogP contribution in [0.15, 0.2) is 35.5 Å². The molecule has 1 atom stereocenters. The van der Waals surface area contributed by atoms with Gasteiger partial charge in [0.05, 0.1) is 11.8 Å². The monoisotopic (exact) mass is 358 g/mol. The van der Waals surface area contributed by atoms with Crippen molar-refractivity contribution in [1.29, 1.82) is 0 Å². The lowest BCUT2D eigenvalue weighted by molar-refractivity contribution is -0.121. The second kappa shape index (κ2) is 8.52. The van der Waals surface area contributed by atoms with Gasteiger partial charge in [0.1, 0.15) is 5.82 Å². The van der Waals surface area contributed by atoms with Crippen molar-refractivity contribution in [2.75, 3.05) is 0 Å². The molecule has 1 aliphatic carbocycles. The van der Waals surface area contributed by atoms with E-state index >= 15 is 0 Å². The Morgan fingerprint density at radius 2 is 1.96 bits per heavy atom. The maximum absolute atomic E-state index is 12.5. The molecule has 0 bridgehead atoms. The van der Waals surface area contributed by atoms with Gasteiger partial charge in [-0.3, -0.25) is 4.79 Å². The van der Waals surface area contributed by atoms with Gasteiger partial charge in [0.25, 0.3) is 0 Å². The molecule has 1 amide bonds. The Labute approximate surface area is 153 Å². The van der Waals surface area contributed by atoms with E-state index in [1.54, 1.807) is 0 Å². The van der Waals surface area contributed by atoms with Crippen LogP contribution >= 0.6 is 11.8 Å². The second-order valence-electron chi connectivity index (χ2n) is 6.71. The summed E-state index contributed by atoms with van der Waals surface area (Å²) in [4.78, 5) is 12.5. The van der Waals surface area contributed by atoms with Gasteiger partial charge in [-0.25, -0.2) is 0 Å². The number of hydrogen-bond donors (Lipinski definition) is 1. The lowest BCUT2D eigenvalue weighted by atomic mass is 9.95. The molecule has 3 rings (SSSR count). The maximum Gasteiger partial charge on any atom is 0.233 e. The normalized spacial score (nSPS) is 16.6. The molecule has 1 fully saturated rings.